The Kier molecular flexibility index (Phi) is 15.7. The molecule has 0 aliphatic heterocycles. The van der Waals surface area contributed by atoms with Gasteiger partial charge in [-0.1, -0.05) is 6.92 Å². The van der Waals surface area contributed by atoms with E-state index in [0.29, 0.717) is 6.61 Å². The van der Waals surface area contributed by atoms with Crippen LogP contribution in [0.3, 0.4) is 0 Å². The summed E-state index contributed by atoms with van der Waals surface area (Å²) in [5.41, 5.74) is 0. The van der Waals surface area contributed by atoms with Gasteiger partial charge in [0.15, 0.2) is 0 Å². The van der Waals surface area contributed by atoms with Gasteiger partial charge in [-0.3, -0.25) is 8.42 Å². The summed E-state index contributed by atoms with van der Waals surface area (Å²) < 4.78 is 34.1. The van der Waals surface area contributed by atoms with Crippen LogP contribution in [0.5, 0.6) is 0 Å². The Morgan fingerprint density at radius 1 is 1.40 bits per heavy atom. The molecule has 10 heavy (non-hydrogen) atoms. The molecule has 0 rings (SSSR count). The molecule has 5 nitrogen and oxygen atoms in total. The molecular weight excluding hydrogens is 212 g/mol. The summed E-state index contributed by atoms with van der Waals surface area (Å²) in [6.07, 6.45) is 0.875. The Bertz CT molecular complexity index is 120. The van der Waals surface area contributed by atoms with Crippen molar-refractivity contribution in [3.63, 3.8) is 0 Å². The van der Waals surface area contributed by atoms with E-state index in [1.165, 1.54) is 0 Å². The first-order valence-corrected chi connectivity index (χ1v) is 3.52. The second kappa shape index (κ2) is 9.35. The quantitative estimate of drug-likeness (QED) is 0.348. The molecule has 1 radical (unpaired) electrons. The van der Waals surface area contributed by atoms with Crippen molar-refractivity contribution in [1.29, 1.82) is 0 Å². The van der Waals surface area contributed by atoms with Crippen molar-refractivity contribution in [1.82, 2.24) is 0 Å². The molecule has 0 atom stereocenters. The first-order chi connectivity index (χ1) is 3.91. The van der Waals surface area contributed by atoms with E-state index in [4.69, 9.17) is 22.6 Å². The summed E-state index contributed by atoms with van der Waals surface area (Å²) in [6.45, 7) is 2.25. The summed E-state index contributed by atoms with van der Waals surface area (Å²) in [5.74, 6) is 0. The van der Waals surface area contributed by atoms with Crippen molar-refractivity contribution < 1.29 is 39.7 Å². The molecule has 67 valence electrons. The van der Waals surface area contributed by atoms with E-state index in [1.54, 1.807) is 0 Å². The van der Waals surface area contributed by atoms with Crippen molar-refractivity contribution in [2.45, 2.75) is 13.3 Å². The summed E-state index contributed by atoms with van der Waals surface area (Å²) in [6, 6.07) is 0. The molecule has 7 heteroatoms. The topological polar surface area (TPSA) is 100 Å². The second-order valence-corrected chi connectivity index (χ2v) is 1.95. The molecule has 0 aromatic heterocycles. The van der Waals surface area contributed by atoms with Crippen molar-refractivity contribution in [3.05, 3.63) is 0 Å². The van der Waals surface area contributed by atoms with Crippen molar-refractivity contribution in [2.75, 3.05) is 6.61 Å². The normalized spacial score (nSPS) is 8.80. The average molecular weight is 220 g/mol. The van der Waals surface area contributed by atoms with Gasteiger partial charge in [-0.15, -0.1) is 0 Å². The van der Waals surface area contributed by atoms with E-state index in [0.717, 1.165) is 6.42 Å². The predicted molar refractivity (Wildman–Crippen MR) is 27.9 cm³/mol. The Morgan fingerprint density at radius 2 is 1.50 bits per heavy atom. The Labute approximate surface area is 70.5 Å². The predicted octanol–water partition coefficient (Wildman–Crippen LogP) is -0.952. The second-order valence-electron chi connectivity index (χ2n) is 1.13. The third-order valence-corrected chi connectivity index (χ3v) is 0.224. The standard InChI is InChI=1S/C3H8O.Cu.H2O4S/c1-2-3-4;;1-5(2,3)4/h4H,2-3H2,1H3;;(H2,1,2,3,4)/q;+2;/p-2. The molecule has 0 saturated heterocycles. The fourth-order valence-electron chi connectivity index (χ4n) is 0. The first kappa shape index (κ1) is 16.7. The zero-order valence-electron chi connectivity index (χ0n) is 5.20. The van der Waals surface area contributed by atoms with Gasteiger partial charge in [0, 0.05) is 17.0 Å². The van der Waals surface area contributed by atoms with Gasteiger partial charge in [0.2, 0.25) is 0 Å². The number of hydrogen-bond acceptors (Lipinski definition) is 5. The van der Waals surface area contributed by atoms with Crippen LogP contribution in [0.1, 0.15) is 13.3 Å². The van der Waals surface area contributed by atoms with Crippen molar-refractivity contribution >= 4 is 10.4 Å². The fraction of sp³-hybridized carbons (Fsp3) is 1.00. The molecule has 0 aliphatic carbocycles. The summed E-state index contributed by atoms with van der Waals surface area (Å²) in [5, 5.41) is 7.88. The van der Waals surface area contributed by atoms with Gasteiger partial charge in [-0.05, 0) is 6.42 Å². The number of aliphatic hydroxyl groups is 1. The largest absolute Gasteiger partial charge is 2.00 e. The van der Waals surface area contributed by atoms with Gasteiger partial charge < -0.3 is 14.2 Å². The van der Waals surface area contributed by atoms with E-state index in [2.05, 4.69) is 0 Å². The Hall–Kier alpha value is 0.349. The van der Waals surface area contributed by atoms with E-state index in [-0.39, 0.29) is 17.1 Å². The molecule has 0 saturated carbocycles. The van der Waals surface area contributed by atoms with Crippen LogP contribution in [-0.2, 0) is 27.5 Å². The molecule has 0 bridgehead atoms. The zero-order chi connectivity index (χ0) is 7.91. The van der Waals surface area contributed by atoms with E-state index in [9.17, 15) is 0 Å². The summed E-state index contributed by atoms with van der Waals surface area (Å²) in [7, 11) is -5.17. The van der Waals surface area contributed by atoms with Gasteiger partial charge in [-0.25, -0.2) is 0 Å². The van der Waals surface area contributed by atoms with Crippen LogP contribution >= 0.6 is 0 Å². The maximum Gasteiger partial charge on any atom is 2.00 e. The maximum atomic E-state index is 8.52. The molecule has 0 spiro atoms. The minimum atomic E-state index is -5.17. The molecule has 0 aromatic rings. The fourth-order valence-corrected chi connectivity index (χ4v) is 0. The zero-order valence-corrected chi connectivity index (χ0v) is 6.96. The van der Waals surface area contributed by atoms with Gasteiger partial charge in [0.1, 0.15) is 0 Å². The third kappa shape index (κ3) is 248. The molecule has 0 amide bonds. The van der Waals surface area contributed by atoms with E-state index in [1.807, 2.05) is 6.92 Å². The Balaban J connectivity index is -0.0000000910. The van der Waals surface area contributed by atoms with E-state index >= 15 is 0 Å². The first-order valence-electron chi connectivity index (χ1n) is 2.19. The molecule has 0 fully saturated rings. The molecule has 0 aliphatic rings. The van der Waals surface area contributed by atoms with E-state index < -0.39 is 10.4 Å². The number of aliphatic hydroxyl groups excluding tert-OH is 1. The van der Waals surface area contributed by atoms with Crippen molar-refractivity contribution in [2.24, 2.45) is 0 Å². The molecule has 0 heterocycles. The smallest absolute Gasteiger partial charge is 0.759 e. The van der Waals surface area contributed by atoms with Crippen LogP contribution in [0.25, 0.3) is 0 Å². The average Bonchev–Trinajstić information content (AvgIpc) is 1.61. The van der Waals surface area contributed by atoms with Crippen LogP contribution in [0.4, 0.5) is 0 Å². The van der Waals surface area contributed by atoms with Crippen LogP contribution < -0.4 is 0 Å². The van der Waals surface area contributed by atoms with Gasteiger partial charge in [0.25, 0.3) is 0 Å². The van der Waals surface area contributed by atoms with Gasteiger partial charge in [-0.2, -0.15) is 0 Å². The van der Waals surface area contributed by atoms with Crippen LogP contribution in [0.15, 0.2) is 0 Å². The van der Waals surface area contributed by atoms with Crippen molar-refractivity contribution in [3.8, 4) is 0 Å². The van der Waals surface area contributed by atoms with Gasteiger partial charge >= 0.3 is 17.1 Å². The van der Waals surface area contributed by atoms with Crippen LogP contribution in [-0.4, -0.2) is 29.2 Å². The SMILES string of the molecule is CCCO.O=S(=O)([O-])[O-].[Cu+2]. The number of hydrogen-bond donors (Lipinski definition) is 1. The van der Waals surface area contributed by atoms with Gasteiger partial charge in [0.05, 0.1) is 0 Å². The maximum absolute atomic E-state index is 8.52. The molecule has 0 unspecified atom stereocenters. The minimum Gasteiger partial charge on any atom is -0.759 e. The summed E-state index contributed by atoms with van der Waals surface area (Å²) in [4.78, 5) is 0. The summed E-state index contributed by atoms with van der Waals surface area (Å²) >= 11 is 0. The minimum absolute atomic E-state index is 0. The van der Waals surface area contributed by atoms with Crippen LogP contribution in [0, 0.1) is 0 Å². The molecule has 0 aromatic carbocycles. The van der Waals surface area contributed by atoms with Crippen LogP contribution in [0.2, 0.25) is 0 Å². The monoisotopic (exact) mass is 219 g/mol. The third-order valence-electron chi connectivity index (χ3n) is 0.224. The number of rotatable bonds is 1. The Morgan fingerprint density at radius 3 is 1.50 bits per heavy atom. The molecular formula is C3H8CuO5S. The molecule has 1 N–H and O–H groups in total.